The molecule has 0 unspecified atom stereocenters. The summed E-state index contributed by atoms with van der Waals surface area (Å²) in [6, 6.07) is 9.86. The standard InChI is InChI=1S/C14H18O4/c1-10-7-12(13(18-10)8-14(15)16)17-9-11-5-3-2-4-6-11/h2-6,10,12-13H,7-9H2,1H3,(H,15,16)/t10-,12-,13-/m0/s1. The summed E-state index contributed by atoms with van der Waals surface area (Å²) in [6.45, 7) is 2.44. The second-order valence-corrected chi connectivity index (χ2v) is 4.65. The molecule has 2 rings (SSSR count). The highest BCUT2D eigenvalue weighted by atomic mass is 16.6. The third-order valence-corrected chi connectivity index (χ3v) is 3.07. The largest absolute Gasteiger partial charge is 0.481 e. The van der Waals surface area contributed by atoms with E-state index in [4.69, 9.17) is 14.6 Å². The minimum Gasteiger partial charge on any atom is -0.481 e. The zero-order valence-corrected chi connectivity index (χ0v) is 10.4. The van der Waals surface area contributed by atoms with E-state index < -0.39 is 5.97 Å². The molecule has 1 heterocycles. The predicted octanol–water partition coefficient (Wildman–Crippen LogP) is 2.22. The van der Waals surface area contributed by atoms with E-state index in [1.807, 2.05) is 37.3 Å². The van der Waals surface area contributed by atoms with E-state index in [-0.39, 0.29) is 24.7 Å². The van der Waals surface area contributed by atoms with Crippen LogP contribution in [0.15, 0.2) is 30.3 Å². The summed E-state index contributed by atoms with van der Waals surface area (Å²) in [5.74, 6) is -0.845. The smallest absolute Gasteiger partial charge is 0.306 e. The summed E-state index contributed by atoms with van der Waals surface area (Å²) in [5.41, 5.74) is 1.09. The van der Waals surface area contributed by atoms with Crippen LogP contribution in [-0.2, 0) is 20.9 Å². The van der Waals surface area contributed by atoms with Crippen molar-refractivity contribution in [3.8, 4) is 0 Å². The van der Waals surface area contributed by atoms with E-state index in [2.05, 4.69) is 0 Å². The number of carbonyl (C=O) groups is 1. The molecule has 3 atom stereocenters. The number of carboxylic acids is 1. The van der Waals surface area contributed by atoms with Crippen molar-refractivity contribution >= 4 is 5.97 Å². The third-order valence-electron chi connectivity index (χ3n) is 3.07. The molecule has 1 N–H and O–H groups in total. The van der Waals surface area contributed by atoms with Gasteiger partial charge >= 0.3 is 5.97 Å². The van der Waals surface area contributed by atoms with Crippen LogP contribution in [0.25, 0.3) is 0 Å². The molecule has 4 nitrogen and oxygen atoms in total. The summed E-state index contributed by atoms with van der Waals surface area (Å²) in [4.78, 5) is 10.7. The monoisotopic (exact) mass is 250 g/mol. The molecular formula is C14H18O4. The highest BCUT2D eigenvalue weighted by Crippen LogP contribution is 2.26. The second kappa shape index (κ2) is 5.98. The summed E-state index contributed by atoms with van der Waals surface area (Å²) < 4.78 is 11.4. The van der Waals surface area contributed by atoms with Crippen molar-refractivity contribution in [3.05, 3.63) is 35.9 Å². The van der Waals surface area contributed by atoms with Crippen molar-refractivity contribution in [2.45, 2.75) is 44.7 Å². The first-order valence-electron chi connectivity index (χ1n) is 6.18. The Morgan fingerprint density at radius 2 is 2.17 bits per heavy atom. The maximum atomic E-state index is 10.7. The van der Waals surface area contributed by atoms with E-state index in [9.17, 15) is 4.79 Å². The molecule has 18 heavy (non-hydrogen) atoms. The Balaban J connectivity index is 1.89. The van der Waals surface area contributed by atoms with Crippen LogP contribution in [0, 0.1) is 0 Å². The Morgan fingerprint density at radius 3 is 2.83 bits per heavy atom. The maximum Gasteiger partial charge on any atom is 0.306 e. The highest BCUT2D eigenvalue weighted by Gasteiger charge is 2.35. The summed E-state index contributed by atoms with van der Waals surface area (Å²) >= 11 is 0. The molecule has 1 saturated heterocycles. The van der Waals surface area contributed by atoms with Crippen molar-refractivity contribution < 1.29 is 19.4 Å². The van der Waals surface area contributed by atoms with Gasteiger partial charge in [0.2, 0.25) is 0 Å². The van der Waals surface area contributed by atoms with Crippen LogP contribution in [0.5, 0.6) is 0 Å². The fourth-order valence-electron chi connectivity index (χ4n) is 2.23. The molecule has 1 fully saturated rings. The van der Waals surface area contributed by atoms with E-state index >= 15 is 0 Å². The van der Waals surface area contributed by atoms with Crippen LogP contribution >= 0.6 is 0 Å². The zero-order valence-electron chi connectivity index (χ0n) is 10.4. The number of aliphatic carboxylic acids is 1. The van der Waals surface area contributed by atoms with E-state index in [1.165, 1.54) is 0 Å². The molecule has 0 aliphatic carbocycles. The van der Waals surface area contributed by atoms with Gasteiger partial charge in [-0.1, -0.05) is 30.3 Å². The van der Waals surface area contributed by atoms with Crippen LogP contribution in [0.1, 0.15) is 25.3 Å². The van der Waals surface area contributed by atoms with Gasteiger partial charge in [0, 0.05) is 6.42 Å². The summed E-state index contributed by atoms with van der Waals surface area (Å²) in [7, 11) is 0. The van der Waals surface area contributed by atoms with Crippen LogP contribution in [-0.4, -0.2) is 29.4 Å². The molecule has 0 bridgehead atoms. The van der Waals surface area contributed by atoms with Crippen molar-refractivity contribution in [1.29, 1.82) is 0 Å². The number of hydrogen-bond acceptors (Lipinski definition) is 3. The Morgan fingerprint density at radius 1 is 1.44 bits per heavy atom. The Hall–Kier alpha value is -1.39. The topological polar surface area (TPSA) is 55.8 Å². The number of rotatable bonds is 5. The molecule has 4 heteroatoms. The molecule has 0 amide bonds. The molecule has 0 radical (unpaired) electrons. The Labute approximate surface area is 107 Å². The number of hydrogen-bond donors (Lipinski definition) is 1. The first kappa shape index (κ1) is 13.1. The van der Waals surface area contributed by atoms with Gasteiger partial charge in [-0.25, -0.2) is 0 Å². The van der Waals surface area contributed by atoms with Gasteiger partial charge in [0.1, 0.15) is 0 Å². The molecule has 1 aromatic carbocycles. The van der Waals surface area contributed by atoms with Crippen LogP contribution in [0.3, 0.4) is 0 Å². The van der Waals surface area contributed by atoms with Gasteiger partial charge < -0.3 is 14.6 Å². The highest BCUT2D eigenvalue weighted by molar-refractivity contribution is 5.67. The lowest BCUT2D eigenvalue weighted by atomic mass is 10.1. The van der Waals surface area contributed by atoms with E-state index in [0.29, 0.717) is 6.61 Å². The Kier molecular flexibility index (Phi) is 4.33. The molecule has 0 aromatic heterocycles. The first-order chi connectivity index (χ1) is 8.65. The van der Waals surface area contributed by atoms with E-state index in [1.54, 1.807) is 0 Å². The van der Waals surface area contributed by atoms with Crippen molar-refractivity contribution in [1.82, 2.24) is 0 Å². The van der Waals surface area contributed by atoms with Gasteiger partial charge in [-0.2, -0.15) is 0 Å². The fourth-order valence-corrected chi connectivity index (χ4v) is 2.23. The van der Waals surface area contributed by atoms with Crippen molar-refractivity contribution in [3.63, 3.8) is 0 Å². The van der Waals surface area contributed by atoms with Gasteiger partial charge in [-0.3, -0.25) is 4.79 Å². The van der Waals surface area contributed by atoms with Gasteiger partial charge in [0.15, 0.2) is 0 Å². The average molecular weight is 250 g/mol. The lowest BCUT2D eigenvalue weighted by Gasteiger charge is -2.17. The lowest BCUT2D eigenvalue weighted by molar-refractivity contribution is -0.142. The molecule has 98 valence electrons. The van der Waals surface area contributed by atoms with Crippen molar-refractivity contribution in [2.24, 2.45) is 0 Å². The third kappa shape index (κ3) is 3.55. The normalized spacial score (nSPS) is 27.3. The van der Waals surface area contributed by atoms with Gasteiger partial charge in [0.25, 0.3) is 0 Å². The molecule has 0 spiro atoms. The zero-order chi connectivity index (χ0) is 13.0. The van der Waals surface area contributed by atoms with Gasteiger partial charge in [-0.05, 0) is 12.5 Å². The SMILES string of the molecule is C[C@H]1C[C@H](OCc2ccccc2)[C@H](CC(=O)O)O1. The number of ether oxygens (including phenoxy) is 2. The fraction of sp³-hybridized carbons (Fsp3) is 0.500. The summed E-state index contributed by atoms with van der Waals surface area (Å²) in [6.07, 6.45) is 0.363. The number of carboxylic acid groups (broad SMARTS) is 1. The quantitative estimate of drug-likeness (QED) is 0.870. The number of benzene rings is 1. The van der Waals surface area contributed by atoms with E-state index in [0.717, 1.165) is 12.0 Å². The summed E-state index contributed by atoms with van der Waals surface area (Å²) in [5, 5.41) is 8.83. The molecule has 1 aromatic rings. The Bertz CT molecular complexity index is 390. The first-order valence-corrected chi connectivity index (χ1v) is 6.18. The van der Waals surface area contributed by atoms with Gasteiger partial charge in [-0.15, -0.1) is 0 Å². The molecule has 0 saturated carbocycles. The van der Waals surface area contributed by atoms with Gasteiger partial charge in [0.05, 0.1) is 31.3 Å². The lowest BCUT2D eigenvalue weighted by Crippen LogP contribution is -2.27. The predicted molar refractivity (Wildman–Crippen MR) is 66.2 cm³/mol. The van der Waals surface area contributed by atoms with Crippen molar-refractivity contribution in [2.75, 3.05) is 0 Å². The average Bonchev–Trinajstić information content (AvgIpc) is 2.67. The van der Waals surface area contributed by atoms with Crippen LogP contribution in [0.4, 0.5) is 0 Å². The minimum absolute atomic E-state index is 0.00377. The molecule has 1 aliphatic heterocycles. The van der Waals surface area contributed by atoms with Crippen LogP contribution < -0.4 is 0 Å². The van der Waals surface area contributed by atoms with Crippen LogP contribution in [0.2, 0.25) is 0 Å². The molecular weight excluding hydrogens is 232 g/mol. The molecule has 1 aliphatic rings. The second-order valence-electron chi connectivity index (χ2n) is 4.65. The minimum atomic E-state index is -0.845. The maximum absolute atomic E-state index is 10.7.